The number of aliphatic hydroxyl groups excluding tert-OH is 1. The number of hydrogen-bond donors (Lipinski definition) is 1. The Labute approximate surface area is 104 Å². The highest BCUT2D eigenvalue weighted by molar-refractivity contribution is 5.24. The van der Waals surface area contributed by atoms with E-state index in [1.807, 2.05) is 31.2 Å². The highest BCUT2D eigenvalue weighted by Crippen LogP contribution is 2.05. The molecule has 2 aromatic rings. The molecule has 0 aliphatic rings. The van der Waals surface area contributed by atoms with E-state index in [1.165, 1.54) is 11.1 Å². The maximum atomic E-state index is 8.72. The van der Waals surface area contributed by atoms with E-state index in [2.05, 4.69) is 38.1 Å². The fourth-order valence-corrected chi connectivity index (χ4v) is 1.45. The zero-order chi connectivity index (χ0) is 12.7. The van der Waals surface area contributed by atoms with Crippen LogP contribution in [0.4, 0.5) is 0 Å². The Hall–Kier alpha value is -1.60. The van der Waals surface area contributed by atoms with Crippen LogP contribution in [0.2, 0.25) is 0 Å². The summed E-state index contributed by atoms with van der Waals surface area (Å²) in [4.78, 5) is 0. The number of aryl methyl sites for hydroxylation is 3. The first-order chi connectivity index (χ1) is 8.15. The predicted octanol–water partition coefficient (Wildman–Crippen LogP) is 3.79. The fraction of sp³-hybridized carbons (Fsp3) is 0.250. The van der Waals surface area contributed by atoms with Crippen LogP contribution in [-0.2, 0) is 6.61 Å². The van der Waals surface area contributed by atoms with Gasteiger partial charge in [0, 0.05) is 0 Å². The van der Waals surface area contributed by atoms with E-state index < -0.39 is 0 Å². The molecular weight excluding hydrogens is 208 g/mol. The third-order valence-electron chi connectivity index (χ3n) is 2.86. The minimum absolute atomic E-state index is 0.146. The molecule has 0 unspecified atom stereocenters. The summed E-state index contributed by atoms with van der Waals surface area (Å²) >= 11 is 0. The summed E-state index contributed by atoms with van der Waals surface area (Å²) in [6, 6.07) is 16.2. The van der Waals surface area contributed by atoms with Crippen LogP contribution in [0.3, 0.4) is 0 Å². The summed E-state index contributed by atoms with van der Waals surface area (Å²) in [6.07, 6.45) is 0. The first-order valence-electron chi connectivity index (χ1n) is 5.82. The van der Waals surface area contributed by atoms with Gasteiger partial charge >= 0.3 is 0 Å². The molecule has 0 heterocycles. The minimum atomic E-state index is 0.146. The van der Waals surface area contributed by atoms with Crippen molar-refractivity contribution >= 4 is 0 Å². The molecule has 1 N–H and O–H groups in total. The summed E-state index contributed by atoms with van der Waals surface area (Å²) < 4.78 is 0. The van der Waals surface area contributed by atoms with E-state index in [9.17, 15) is 0 Å². The third kappa shape index (κ3) is 4.41. The van der Waals surface area contributed by atoms with E-state index in [0.717, 1.165) is 11.1 Å². The van der Waals surface area contributed by atoms with Crippen molar-refractivity contribution in [3.8, 4) is 0 Å². The molecule has 1 heteroatoms. The topological polar surface area (TPSA) is 20.2 Å². The lowest BCUT2D eigenvalue weighted by molar-refractivity contribution is 0.281. The molecule has 2 aromatic carbocycles. The van der Waals surface area contributed by atoms with E-state index in [-0.39, 0.29) is 6.61 Å². The van der Waals surface area contributed by atoms with Gasteiger partial charge in [-0.1, -0.05) is 48.5 Å². The molecule has 0 aliphatic carbocycles. The van der Waals surface area contributed by atoms with Gasteiger partial charge in [0.2, 0.25) is 0 Å². The van der Waals surface area contributed by atoms with E-state index in [1.54, 1.807) is 0 Å². The van der Waals surface area contributed by atoms with Crippen molar-refractivity contribution in [2.24, 2.45) is 0 Å². The molecule has 0 aromatic heterocycles. The van der Waals surface area contributed by atoms with Crippen molar-refractivity contribution in [1.82, 2.24) is 0 Å². The Morgan fingerprint density at radius 1 is 0.706 bits per heavy atom. The van der Waals surface area contributed by atoms with Gasteiger partial charge in [0.05, 0.1) is 6.61 Å². The van der Waals surface area contributed by atoms with Crippen molar-refractivity contribution in [3.05, 3.63) is 70.8 Å². The summed E-state index contributed by atoms with van der Waals surface area (Å²) in [6.45, 7) is 6.38. The molecule has 1 nitrogen and oxygen atoms in total. The van der Waals surface area contributed by atoms with Crippen LogP contribution < -0.4 is 0 Å². The standard InChI is InChI=1S/C8H10O.C8H10/c1-7-4-2-3-5-8(7)6-9;1-7-5-3-4-6-8(7)2/h2-5,9H,6H2,1H3;3-6H,1-2H3. The van der Waals surface area contributed by atoms with Gasteiger partial charge in [0.1, 0.15) is 0 Å². The van der Waals surface area contributed by atoms with Gasteiger partial charge in [-0.2, -0.15) is 0 Å². The van der Waals surface area contributed by atoms with Crippen molar-refractivity contribution < 1.29 is 5.11 Å². The summed E-state index contributed by atoms with van der Waals surface area (Å²) in [5.74, 6) is 0. The Morgan fingerprint density at radius 3 is 1.41 bits per heavy atom. The van der Waals surface area contributed by atoms with E-state index in [0.29, 0.717) is 0 Å². The maximum Gasteiger partial charge on any atom is 0.0684 e. The smallest absolute Gasteiger partial charge is 0.0684 e. The van der Waals surface area contributed by atoms with E-state index in [4.69, 9.17) is 5.11 Å². The van der Waals surface area contributed by atoms with Crippen molar-refractivity contribution in [3.63, 3.8) is 0 Å². The second kappa shape index (κ2) is 6.87. The molecule has 0 saturated heterocycles. The monoisotopic (exact) mass is 228 g/mol. The van der Waals surface area contributed by atoms with Gasteiger partial charge in [0.15, 0.2) is 0 Å². The average Bonchev–Trinajstić information content (AvgIpc) is 2.34. The first-order valence-corrected chi connectivity index (χ1v) is 5.82. The largest absolute Gasteiger partial charge is 0.392 e. The van der Waals surface area contributed by atoms with Gasteiger partial charge in [0.25, 0.3) is 0 Å². The normalized spacial score (nSPS) is 9.41. The lowest BCUT2D eigenvalue weighted by Crippen LogP contribution is -1.85. The van der Waals surface area contributed by atoms with Crippen molar-refractivity contribution in [2.45, 2.75) is 27.4 Å². The van der Waals surface area contributed by atoms with Gasteiger partial charge in [-0.15, -0.1) is 0 Å². The summed E-state index contributed by atoms with van der Waals surface area (Å²) in [7, 11) is 0. The van der Waals surface area contributed by atoms with Crippen LogP contribution in [0.25, 0.3) is 0 Å². The van der Waals surface area contributed by atoms with Crippen molar-refractivity contribution in [1.29, 1.82) is 0 Å². The average molecular weight is 228 g/mol. The predicted molar refractivity (Wildman–Crippen MR) is 73.0 cm³/mol. The van der Waals surface area contributed by atoms with Crippen LogP contribution in [0.5, 0.6) is 0 Å². The zero-order valence-electron chi connectivity index (χ0n) is 10.8. The Kier molecular flexibility index (Phi) is 5.44. The molecule has 90 valence electrons. The molecule has 0 bridgehead atoms. The molecular formula is C16H20O. The lowest BCUT2D eigenvalue weighted by Gasteiger charge is -1.97. The quantitative estimate of drug-likeness (QED) is 0.787. The number of rotatable bonds is 1. The lowest BCUT2D eigenvalue weighted by atomic mass is 10.1. The van der Waals surface area contributed by atoms with Crippen LogP contribution in [0, 0.1) is 20.8 Å². The molecule has 0 atom stereocenters. The van der Waals surface area contributed by atoms with Crippen LogP contribution in [0.15, 0.2) is 48.5 Å². The van der Waals surface area contributed by atoms with Gasteiger partial charge in [-0.05, 0) is 43.0 Å². The minimum Gasteiger partial charge on any atom is -0.392 e. The molecule has 17 heavy (non-hydrogen) atoms. The number of aliphatic hydroxyl groups is 1. The first kappa shape index (κ1) is 13.5. The number of benzene rings is 2. The molecule has 0 aliphatic heterocycles. The Balaban J connectivity index is 0.000000171. The molecule has 0 radical (unpaired) electrons. The Bertz CT molecular complexity index is 440. The van der Waals surface area contributed by atoms with E-state index >= 15 is 0 Å². The molecule has 0 spiro atoms. The van der Waals surface area contributed by atoms with Crippen LogP contribution >= 0.6 is 0 Å². The van der Waals surface area contributed by atoms with Gasteiger partial charge in [-0.3, -0.25) is 0 Å². The second-order valence-corrected chi connectivity index (χ2v) is 4.17. The molecule has 2 rings (SSSR count). The highest BCUT2D eigenvalue weighted by Gasteiger charge is 1.90. The zero-order valence-corrected chi connectivity index (χ0v) is 10.8. The summed E-state index contributed by atoms with van der Waals surface area (Å²) in [5.41, 5.74) is 4.90. The SMILES string of the molecule is Cc1ccccc1C.Cc1ccccc1CO. The maximum absolute atomic E-state index is 8.72. The third-order valence-corrected chi connectivity index (χ3v) is 2.86. The summed E-state index contributed by atoms with van der Waals surface area (Å²) in [5, 5.41) is 8.72. The molecule has 0 fully saturated rings. The molecule has 0 amide bonds. The van der Waals surface area contributed by atoms with Gasteiger partial charge in [-0.25, -0.2) is 0 Å². The second-order valence-electron chi connectivity index (χ2n) is 4.17. The van der Waals surface area contributed by atoms with Gasteiger partial charge < -0.3 is 5.11 Å². The van der Waals surface area contributed by atoms with Crippen LogP contribution in [-0.4, -0.2) is 5.11 Å². The molecule has 0 saturated carbocycles. The number of hydrogen-bond acceptors (Lipinski definition) is 1. The Morgan fingerprint density at radius 2 is 1.12 bits per heavy atom. The van der Waals surface area contributed by atoms with Crippen LogP contribution in [0.1, 0.15) is 22.3 Å². The fourth-order valence-electron chi connectivity index (χ4n) is 1.45. The van der Waals surface area contributed by atoms with Crippen molar-refractivity contribution in [2.75, 3.05) is 0 Å². The highest BCUT2D eigenvalue weighted by atomic mass is 16.3.